The third-order valence-electron chi connectivity index (χ3n) is 7.48. The summed E-state index contributed by atoms with van der Waals surface area (Å²) in [5, 5.41) is 20.3. The summed E-state index contributed by atoms with van der Waals surface area (Å²) in [6.45, 7) is 9.16. The number of nitrogens with one attached hydrogen (secondary N) is 3. The Bertz CT molecular complexity index is 1590. The number of hydrogen-bond donors (Lipinski definition) is 5. The first-order valence-electron chi connectivity index (χ1n) is 15.7. The average Bonchev–Trinajstić information content (AvgIpc) is 2.99. The molecular weight excluding hydrogens is 692 g/mol. The molecule has 0 aliphatic rings. The number of benzene rings is 3. The van der Waals surface area contributed by atoms with Crippen molar-refractivity contribution in [3.63, 3.8) is 0 Å². The fourth-order valence-electron chi connectivity index (χ4n) is 5.11. The molecule has 14 heteroatoms. The lowest BCUT2D eigenvalue weighted by molar-refractivity contribution is -0.132. The number of rotatable bonds is 16. The molecule has 0 unspecified atom stereocenters. The molecule has 0 spiro atoms. The predicted molar refractivity (Wildman–Crippen MR) is 197 cm³/mol. The van der Waals surface area contributed by atoms with E-state index in [0.29, 0.717) is 11.3 Å². The fourth-order valence-corrected chi connectivity index (χ4v) is 6.79. The monoisotopic (exact) mass is 741 g/mol. The molecule has 2 amide bonds. The molecule has 49 heavy (non-hydrogen) atoms. The number of sulfonamides is 1. The van der Waals surface area contributed by atoms with Gasteiger partial charge in [0.05, 0.1) is 23.6 Å². The fraction of sp³-hybridized carbons (Fsp3) is 0.429. The van der Waals surface area contributed by atoms with Crippen molar-refractivity contribution in [1.29, 1.82) is 0 Å². The zero-order valence-corrected chi connectivity index (χ0v) is 31.0. The number of aliphatic hydroxyl groups excluding tert-OH is 1. The van der Waals surface area contributed by atoms with E-state index >= 15 is 0 Å². The number of hydrogen-bond acceptors (Lipinski definition) is 7. The lowest BCUT2D eigenvalue weighted by Gasteiger charge is -2.34. The summed E-state index contributed by atoms with van der Waals surface area (Å²) < 4.78 is 42.2. The minimum Gasteiger partial charge on any atom is -0.399 e. The van der Waals surface area contributed by atoms with Gasteiger partial charge in [-0.05, 0) is 59.2 Å². The Balaban J connectivity index is 0.00000600. The Morgan fingerprint density at radius 1 is 0.898 bits per heavy atom. The van der Waals surface area contributed by atoms with Gasteiger partial charge in [0.1, 0.15) is 11.9 Å². The molecular formula is C35H50Cl2FN5O5S. The van der Waals surface area contributed by atoms with Crippen molar-refractivity contribution in [2.24, 2.45) is 11.3 Å². The standard InChI is InChI=1S/C35H48FN5O5S.2ClH/c1-24(2)22-41(47(45,46)29-16-10-15-28(37)19-29)23-31(42)30(18-25-11-7-6-8-12-25)39-34(44)33(35(3,4)5)40-32(43)21-38-20-26-13-9-14-27(36)17-26;;/h6-17,19,24,30-31,33,38,42H,18,20-23,37H2,1-5H3,(H,39,44)(H,40,43);2*1H/t30-,31+,33+;;/m0../s1. The van der Waals surface area contributed by atoms with Crippen LogP contribution in [0.1, 0.15) is 45.7 Å². The van der Waals surface area contributed by atoms with Gasteiger partial charge in [-0.15, -0.1) is 24.8 Å². The lowest BCUT2D eigenvalue weighted by Crippen LogP contribution is -2.59. The van der Waals surface area contributed by atoms with Gasteiger partial charge in [-0.2, -0.15) is 4.31 Å². The predicted octanol–water partition coefficient (Wildman–Crippen LogP) is 4.31. The minimum absolute atomic E-state index is 0. The molecule has 0 fully saturated rings. The van der Waals surface area contributed by atoms with Gasteiger partial charge in [-0.25, -0.2) is 12.8 Å². The smallest absolute Gasteiger partial charge is 0.243 e. The highest BCUT2D eigenvalue weighted by atomic mass is 35.5. The van der Waals surface area contributed by atoms with E-state index in [1.54, 1.807) is 24.3 Å². The van der Waals surface area contributed by atoms with E-state index < -0.39 is 45.4 Å². The molecule has 0 aliphatic heterocycles. The van der Waals surface area contributed by atoms with Crippen LogP contribution in [0.25, 0.3) is 0 Å². The summed E-state index contributed by atoms with van der Waals surface area (Å²) in [7, 11) is -4.04. The molecule has 3 aromatic rings. The maximum atomic E-state index is 13.8. The summed E-state index contributed by atoms with van der Waals surface area (Å²) in [6, 6.07) is 19.4. The molecule has 3 rings (SSSR count). The van der Waals surface area contributed by atoms with Crippen molar-refractivity contribution in [3.05, 3.63) is 95.8 Å². The Morgan fingerprint density at radius 2 is 1.53 bits per heavy atom. The third kappa shape index (κ3) is 13.9. The van der Waals surface area contributed by atoms with E-state index in [0.717, 1.165) is 5.56 Å². The maximum absolute atomic E-state index is 13.8. The van der Waals surface area contributed by atoms with E-state index in [1.165, 1.54) is 28.6 Å². The van der Waals surface area contributed by atoms with Crippen molar-refractivity contribution >= 4 is 52.3 Å². The molecule has 0 aromatic heterocycles. The maximum Gasteiger partial charge on any atom is 0.243 e. The number of nitrogens with zero attached hydrogens (tertiary/aromatic N) is 1. The minimum atomic E-state index is -4.04. The SMILES string of the molecule is CC(C)CN(C[C@@H](O)[C@H](Cc1ccccc1)NC(=O)[C@@H](NC(=O)CNCc1cccc(F)c1)C(C)(C)C)S(=O)(=O)c1cccc(N)c1.Cl.Cl. The highest BCUT2D eigenvalue weighted by Gasteiger charge is 2.36. The van der Waals surface area contributed by atoms with Crippen LogP contribution in [0.5, 0.6) is 0 Å². The number of carbonyl (C=O) groups excluding carboxylic acids is 2. The molecule has 6 N–H and O–H groups in total. The molecule has 0 bridgehead atoms. The first kappa shape index (κ1) is 43.8. The number of carbonyl (C=O) groups is 2. The van der Waals surface area contributed by atoms with Gasteiger partial charge in [-0.1, -0.05) is 83.1 Å². The molecule has 3 aromatic carbocycles. The Morgan fingerprint density at radius 3 is 2.12 bits per heavy atom. The summed E-state index contributed by atoms with van der Waals surface area (Å²) >= 11 is 0. The molecule has 0 saturated heterocycles. The summed E-state index contributed by atoms with van der Waals surface area (Å²) in [5.41, 5.74) is 6.95. The number of amides is 2. The van der Waals surface area contributed by atoms with Gasteiger partial charge in [-0.3, -0.25) is 9.59 Å². The van der Waals surface area contributed by atoms with Crippen LogP contribution in [0.15, 0.2) is 83.8 Å². The van der Waals surface area contributed by atoms with Crippen LogP contribution < -0.4 is 21.7 Å². The van der Waals surface area contributed by atoms with Crippen LogP contribution in [0.2, 0.25) is 0 Å². The Hall–Kier alpha value is -3.26. The normalized spacial score (nSPS) is 13.5. The van der Waals surface area contributed by atoms with E-state index in [-0.39, 0.29) is 74.0 Å². The number of anilines is 1. The summed E-state index contributed by atoms with van der Waals surface area (Å²) in [5.74, 6) is -1.40. The number of nitrogens with two attached hydrogens (primary N) is 1. The van der Waals surface area contributed by atoms with Crippen molar-refractivity contribution in [2.45, 2.75) is 70.7 Å². The summed E-state index contributed by atoms with van der Waals surface area (Å²) in [4.78, 5) is 26.8. The zero-order chi connectivity index (χ0) is 34.8. The quantitative estimate of drug-likeness (QED) is 0.137. The first-order chi connectivity index (χ1) is 22.1. The third-order valence-corrected chi connectivity index (χ3v) is 9.31. The van der Waals surface area contributed by atoms with Crippen molar-refractivity contribution in [1.82, 2.24) is 20.3 Å². The first-order valence-corrected chi connectivity index (χ1v) is 17.1. The van der Waals surface area contributed by atoms with E-state index in [9.17, 15) is 27.5 Å². The van der Waals surface area contributed by atoms with Crippen molar-refractivity contribution < 1.29 is 27.5 Å². The van der Waals surface area contributed by atoms with Crippen LogP contribution in [0, 0.1) is 17.2 Å². The van der Waals surface area contributed by atoms with Gasteiger partial charge in [0.2, 0.25) is 21.8 Å². The molecule has 3 atom stereocenters. The second-order valence-corrected chi connectivity index (χ2v) is 15.2. The largest absolute Gasteiger partial charge is 0.399 e. The van der Waals surface area contributed by atoms with Gasteiger partial charge in [0.15, 0.2) is 0 Å². The van der Waals surface area contributed by atoms with Crippen LogP contribution in [-0.4, -0.2) is 67.5 Å². The molecule has 0 saturated carbocycles. The van der Waals surface area contributed by atoms with Gasteiger partial charge < -0.3 is 26.8 Å². The average molecular weight is 743 g/mol. The second kappa shape index (κ2) is 19.8. The molecule has 0 heterocycles. The van der Waals surface area contributed by atoms with Crippen molar-refractivity contribution in [2.75, 3.05) is 25.4 Å². The highest BCUT2D eigenvalue weighted by molar-refractivity contribution is 7.89. The molecule has 10 nitrogen and oxygen atoms in total. The second-order valence-electron chi connectivity index (χ2n) is 13.3. The topological polar surface area (TPSA) is 154 Å². The van der Waals surface area contributed by atoms with E-state index in [2.05, 4.69) is 16.0 Å². The van der Waals surface area contributed by atoms with Crippen LogP contribution >= 0.6 is 24.8 Å². The molecule has 0 radical (unpaired) electrons. The van der Waals surface area contributed by atoms with Gasteiger partial charge in [0, 0.05) is 25.3 Å². The van der Waals surface area contributed by atoms with E-state index in [4.69, 9.17) is 5.73 Å². The van der Waals surface area contributed by atoms with Crippen LogP contribution in [0.4, 0.5) is 10.1 Å². The molecule has 272 valence electrons. The highest BCUT2D eigenvalue weighted by Crippen LogP contribution is 2.23. The van der Waals surface area contributed by atoms with E-state index in [1.807, 2.05) is 65.0 Å². The summed E-state index contributed by atoms with van der Waals surface area (Å²) in [6.07, 6.45) is -1.10. The van der Waals surface area contributed by atoms with Gasteiger partial charge in [0.25, 0.3) is 0 Å². The van der Waals surface area contributed by atoms with Crippen LogP contribution in [0.3, 0.4) is 0 Å². The van der Waals surface area contributed by atoms with Crippen LogP contribution in [-0.2, 0) is 32.6 Å². The number of aliphatic hydroxyl groups is 1. The van der Waals surface area contributed by atoms with Crippen molar-refractivity contribution in [3.8, 4) is 0 Å². The number of nitrogen functional groups attached to an aromatic ring is 1. The molecule has 0 aliphatic carbocycles. The Kier molecular flexibility index (Phi) is 17.7. The number of halogens is 3. The van der Waals surface area contributed by atoms with Gasteiger partial charge >= 0.3 is 0 Å². The lowest BCUT2D eigenvalue weighted by atomic mass is 9.85. The Labute approximate surface area is 302 Å². The zero-order valence-electron chi connectivity index (χ0n) is 28.6.